The van der Waals surface area contributed by atoms with E-state index in [9.17, 15) is 67.1 Å². The number of likely N-dealkylation sites (N-methyl/N-ethyl adjacent to an activating group) is 4. The van der Waals surface area contributed by atoms with Gasteiger partial charge in [-0.05, 0) is 87.5 Å². The maximum Gasteiger partial charge on any atom is 0.407 e. The summed E-state index contributed by atoms with van der Waals surface area (Å²) in [7, 11) is 3.19. The van der Waals surface area contributed by atoms with Gasteiger partial charge in [0.2, 0.25) is 47.6 Å². The van der Waals surface area contributed by atoms with Crippen LogP contribution in [0.1, 0.15) is 100 Å². The number of nitrogens with zero attached hydrogens (tertiary/aromatic N) is 6. The van der Waals surface area contributed by atoms with Gasteiger partial charge in [0, 0.05) is 99.9 Å². The van der Waals surface area contributed by atoms with Crippen LogP contribution in [0.2, 0.25) is 0 Å². The molecule has 0 aromatic heterocycles. The van der Waals surface area contributed by atoms with Crippen LogP contribution < -0.4 is 42.5 Å². The van der Waals surface area contributed by atoms with Gasteiger partial charge in [0.1, 0.15) is 39.6 Å². The minimum atomic E-state index is -0.615. The summed E-state index contributed by atoms with van der Waals surface area (Å²) in [6.07, 6.45) is 4.61. The second-order valence-corrected chi connectivity index (χ2v) is 21.2. The molecule has 34 heteroatoms. The molecule has 0 atom stereocenters. The highest BCUT2D eigenvalue weighted by atomic mass is 16.6. The van der Waals surface area contributed by atoms with Crippen molar-refractivity contribution in [2.45, 2.75) is 100 Å². The fourth-order valence-corrected chi connectivity index (χ4v) is 6.71. The minimum Gasteiger partial charge on any atom is -0.448 e. The molecule has 0 saturated heterocycles. The first-order chi connectivity index (χ1) is 46.8. The lowest BCUT2D eigenvalue weighted by molar-refractivity contribution is -0.128. The van der Waals surface area contributed by atoms with Crippen molar-refractivity contribution in [3.05, 3.63) is 72.9 Å². The average Bonchev–Trinajstić information content (AvgIpc) is 1.89. The number of carbonyl (C=O) groups is 12. The molecule has 0 aromatic rings. The lowest BCUT2D eigenvalue weighted by Gasteiger charge is -2.20. The molecule has 34 nitrogen and oxygen atoms in total. The first-order valence-electron chi connectivity index (χ1n) is 31.9. The smallest absolute Gasteiger partial charge is 0.407 e. The van der Waals surface area contributed by atoms with Crippen LogP contribution in [0.4, 0.5) is 28.8 Å². The van der Waals surface area contributed by atoms with Crippen LogP contribution in [-0.2, 0) is 66.8 Å². The number of hydrogen-bond acceptors (Lipinski definition) is 22. The molecule has 0 aromatic carbocycles. The molecule has 0 aliphatic rings. The van der Waals surface area contributed by atoms with Gasteiger partial charge in [-0.1, -0.05) is 52.3 Å². The fourth-order valence-electron chi connectivity index (χ4n) is 6.71. The third-order valence-electron chi connectivity index (χ3n) is 12.1. The van der Waals surface area contributed by atoms with Crippen LogP contribution in [0.5, 0.6) is 0 Å². The Hall–Kier alpha value is -10.4. The molecule has 0 radical (unpaired) electrons. The van der Waals surface area contributed by atoms with Gasteiger partial charge in [0.25, 0.3) is 0 Å². The summed E-state index contributed by atoms with van der Waals surface area (Å²) in [4.78, 5) is 170. The molecule has 0 heterocycles. The summed E-state index contributed by atoms with van der Waals surface area (Å²) in [5, 5.41) is 20.3. The zero-order chi connectivity index (χ0) is 75.9. The zero-order valence-electron chi connectivity index (χ0n) is 59.6. The van der Waals surface area contributed by atoms with E-state index in [0.29, 0.717) is 118 Å². The Kier molecular flexibility index (Phi) is 59.9. The number of unbranched alkanes of at least 4 members (excludes halogenated alkanes) is 3. The molecule has 12 amide bonds. The topological polar surface area (TPSA) is 428 Å². The van der Waals surface area contributed by atoms with Crippen LogP contribution in [0.15, 0.2) is 82.9 Å². The fraction of sp³-hybridized carbons (Fsp3) is 0.600. The van der Waals surface area contributed by atoms with Crippen molar-refractivity contribution in [3.8, 4) is 0 Å². The number of nitrogens with one attached hydrogen (secondary N) is 8. The number of amides is 12. The third kappa shape index (κ3) is 58.7. The Labute approximate surface area is 581 Å². The van der Waals surface area contributed by atoms with Gasteiger partial charge in [-0.2, -0.15) is 0 Å². The van der Waals surface area contributed by atoms with E-state index in [0.717, 1.165) is 25.7 Å². The number of alkyl carbamates (subject to hydrolysis) is 6. The predicted octanol–water partition coefficient (Wildman–Crippen LogP) is 4.01. The third-order valence-corrected chi connectivity index (χ3v) is 12.1. The highest BCUT2D eigenvalue weighted by Crippen LogP contribution is 2.03. The van der Waals surface area contributed by atoms with Crippen LogP contribution in [0.25, 0.3) is 0 Å². The lowest BCUT2D eigenvalue weighted by Crippen LogP contribution is -2.36. The van der Waals surface area contributed by atoms with Gasteiger partial charge in [0.05, 0.1) is 52.4 Å². The van der Waals surface area contributed by atoms with E-state index in [4.69, 9.17) is 28.4 Å². The Morgan fingerprint density at radius 3 is 0.788 bits per heavy atom. The van der Waals surface area contributed by atoms with Crippen molar-refractivity contribution in [1.29, 1.82) is 0 Å². The molecule has 0 unspecified atom stereocenters. The normalized spacial score (nSPS) is 9.60. The van der Waals surface area contributed by atoms with Crippen molar-refractivity contribution < 1.29 is 95.5 Å². The van der Waals surface area contributed by atoms with Crippen molar-refractivity contribution in [2.75, 3.05) is 158 Å². The van der Waals surface area contributed by atoms with E-state index in [1.807, 2.05) is 13.8 Å². The second-order valence-electron chi connectivity index (χ2n) is 21.2. The molecular formula is C65H108N14O20. The van der Waals surface area contributed by atoms with E-state index in [1.165, 1.54) is 22.0 Å². The summed E-state index contributed by atoms with van der Waals surface area (Å²) in [5.74, 6) is -1.35. The number of carbonyl (C=O) groups excluding carboxylic acids is 14. The van der Waals surface area contributed by atoms with E-state index in [1.54, 1.807) is 65.4 Å². The van der Waals surface area contributed by atoms with E-state index in [-0.39, 0.29) is 114 Å². The molecular weight excluding hydrogens is 1300 g/mol. The number of ether oxygens (including phenoxy) is 6. The standard InChI is InChI=1S/C21H36N4O6.C19H32N4O6.C17H28N4O6.C8H12N2O2/c1-7-24(18(26)16(3)4)12-14-30-20(28)22-10-9-11-23-21(29)31-15-13-25(8-2)19(27)17(5)6;1-14(2)16(24)22(5)10-12-28-18(26)20-8-7-9-21-19(27)29-13-11-23(6)17(25)15(3)4;1-12(2)14(22)18-8-10-26-16(24)20-6-5-7-21-17(25)27-11-9-19-15(23)13(3)4;11-7-9-5-3-1-2-4-6-10-8-12/h3,5,7-15H2,1-2,4,6H3,(H,22,28)(H,23,29);1,3,7-13H2,2,4-6H3,(H,20,26)(H,21,27);1,3,5-11H2,2,4H3,(H,18,22)(H,19,23)(H,20,24)(H,21,25);1-6H2. The van der Waals surface area contributed by atoms with Crippen LogP contribution in [0, 0.1) is 0 Å². The van der Waals surface area contributed by atoms with Gasteiger partial charge in [-0.25, -0.2) is 48.3 Å². The summed E-state index contributed by atoms with van der Waals surface area (Å²) in [5.41, 5.74) is 2.44. The summed E-state index contributed by atoms with van der Waals surface area (Å²) in [6.45, 7) is 40.4. The Morgan fingerprint density at radius 2 is 0.566 bits per heavy atom. The number of rotatable bonds is 45. The maximum atomic E-state index is 11.8. The second kappa shape index (κ2) is 62.4. The van der Waals surface area contributed by atoms with Gasteiger partial charge in [-0.15, -0.1) is 0 Å². The highest BCUT2D eigenvalue weighted by molar-refractivity contribution is 5.94. The quantitative estimate of drug-likeness (QED) is 0.0140. The lowest BCUT2D eigenvalue weighted by atomic mass is 10.2. The van der Waals surface area contributed by atoms with Gasteiger partial charge >= 0.3 is 36.6 Å². The molecule has 0 spiro atoms. The van der Waals surface area contributed by atoms with Crippen LogP contribution >= 0.6 is 0 Å². The van der Waals surface area contributed by atoms with E-state index in [2.05, 4.69) is 92.0 Å². The maximum absolute atomic E-state index is 11.8. The summed E-state index contributed by atoms with van der Waals surface area (Å²) >= 11 is 0. The first-order valence-corrected chi connectivity index (χ1v) is 31.9. The van der Waals surface area contributed by atoms with Crippen LogP contribution in [0.3, 0.4) is 0 Å². The SMILES string of the molecule is C=C(C)C(=O)N(C)CCOC(=O)NCCCNC(=O)OCCN(C)C(=O)C(=C)C.C=C(C)C(=O)N(CC)CCOC(=O)NCCCNC(=O)OCCN(CC)C(=O)C(=C)C.C=C(C)C(=O)NCCOC(=O)NCCCNC(=O)OCCNC(=O)C(=C)C.O=C=NCCCCCCN=C=O. The zero-order valence-corrected chi connectivity index (χ0v) is 59.6. The van der Waals surface area contributed by atoms with Crippen molar-refractivity contribution in [2.24, 2.45) is 9.98 Å². The average molecular weight is 1410 g/mol. The minimum absolute atomic E-state index is 0.0390. The molecule has 0 bridgehead atoms. The van der Waals surface area contributed by atoms with Gasteiger partial charge < -0.3 is 90.6 Å². The Bertz CT molecular complexity index is 2540. The first kappa shape index (κ1) is 95.0. The molecule has 99 heavy (non-hydrogen) atoms. The van der Waals surface area contributed by atoms with Crippen molar-refractivity contribution in [3.63, 3.8) is 0 Å². The van der Waals surface area contributed by atoms with E-state index < -0.39 is 36.6 Å². The monoisotopic (exact) mass is 1400 g/mol. The van der Waals surface area contributed by atoms with Crippen LogP contribution in [-0.4, -0.2) is 262 Å². The summed E-state index contributed by atoms with van der Waals surface area (Å²) in [6, 6.07) is 0. The molecule has 0 fully saturated rings. The summed E-state index contributed by atoms with van der Waals surface area (Å²) < 4.78 is 29.7. The number of hydrogen-bond donors (Lipinski definition) is 8. The Balaban J connectivity index is -0.000000631. The molecule has 0 aliphatic heterocycles. The molecule has 0 aliphatic carbocycles. The van der Waals surface area contributed by atoms with E-state index >= 15 is 0 Å². The number of aliphatic imine (C=N–C) groups is 2. The van der Waals surface area contributed by atoms with Gasteiger partial charge in [-0.3, -0.25) is 28.8 Å². The van der Waals surface area contributed by atoms with Gasteiger partial charge in [0.15, 0.2) is 0 Å². The predicted molar refractivity (Wildman–Crippen MR) is 369 cm³/mol. The molecule has 8 N–H and O–H groups in total. The highest BCUT2D eigenvalue weighted by Gasteiger charge is 2.16. The van der Waals surface area contributed by atoms with Crippen molar-refractivity contribution >= 4 is 84.2 Å². The largest absolute Gasteiger partial charge is 0.448 e. The molecule has 0 saturated carbocycles. The Morgan fingerprint density at radius 1 is 0.323 bits per heavy atom. The van der Waals surface area contributed by atoms with Crippen molar-refractivity contribution in [1.82, 2.24) is 62.1 Å². The number of isocyanates is 2. The molecule has 558 valence electrons. The molecule has 0 rings (SSSR count).